The molecule has 2 heterocycles. The minimum atomic E-state index is -0.257. The quantitative estimate of drug-likeness (QED) is 0.617. The maximum atomic E-state index is 11.4. The SMILES string of the molecule is O=c1[nH]cnc2[nH]c(Nc3ccccc3)nc12. The zero-order valence-corrected chi connectivity index (χ0v) is 8.77. The Kier molecular flexibility index (Phi) is 2.11. The number of aromatic nitrogens is 4. The first-order valence-corrected chi connectivity index (χ1v) is 5.08. The van der Waals surface area contributed by atoms with E-state index in [0.717, 1.165) is 5.69 Å². The highest BCUT2D eigenvalue weighted by molar-refractivity contribution is 5.73. The molecule has 0 unspecified atom stereocenters. The highest BCUT2D eigenvalue weighted by atomic mass is 16.1. The number of nitrogens with zero attached hydrogens (tertiary/aromatic N) is 2. The molecule has 3 aromatic rings. The first kappa shape index (κ1) is 9.59. The van der Waals surface area contributed by atoms with Gasteiger partial charge >= 0.3 is 0 Å². The van der Waals surface area contributed by atoms with E-state index in [1.165, 1.54) is 6.33 Å². The van der Waals surface area contributed by atoms with Crippen LogP contribution in [0.5, 0.6) is 0 Å². The first-order valence-electron chi connectivity index (χ1n) is 5.08. The van der Waals surface area contributed by atoms with E-state index in [0.29, 0.717) is 17.1 Å². The second-order valence-corrected chi connectivity index (χ2v) is 3.51. The number of H-pyrrole nitrogens is 2. The average molecular weight is 227 g/mol. The molecule has 3 rings (SSSR count). The van der Waals surface area contributed by atoms with Gasteiger partial charge in [-0.15, -0.1) is 0 Å². The van der Waals surface area contributed by atoms with Crippen molar-refractivity contribution in [3.8, 4) is 0 Å². The molecule has 6 heteroatoms. The van der Waals surface area contributed by atoms with Crippen LogP contribution < -0.4 is 10.9 Å². The summed E-state index contributed by atoms with van der Waals surface area (Å²) in [7, 11) is 0. The van der Waals surface area contributed by atoms with E-state index in [1.54, 1.807) is 0 Å². The van der Waals surface area contributed by atoms with E-state index < -0.39 is 0 Å². The number of para-hydroxylation sites is 1. The number of nitrogens with one attached hydrogen (secondary N) is 3. The fourth-order valence-corrected chi connectivity index (χ4v) is 1.56. The Morgan fingerprint density at radius 2 is 2.00 bits per heavy atom. The van der Waals surface area contributed by atoms with Gasteiger partial charge in [-0.25, -0.2) is 9.97 Å². The Balaban J connectivity index is 2.02. The third-order valence-corrected chi connectivity index (χ3v) is 2.33. The summed E-state index contributed by atoms with van der Waals surface area (Å²) in [5, 5.41) is 3.06. The summed E-state index contributed by atoms with van der Waals surface area (Å²) in [6.45, 7) is 0. The van der Waals surface area contributed by atoms with E-state index in [-0.39, 0.29) is 5.56 Å². The lowest BCUT2D eigenvalue weighted by molar-refractivity contribution is 1.15. The predicted octanol–water partition coefficient (Wildman–Crippen LogP) is 1.39. The maximum absolute atomic E-state index is 11.4. The van der Waals surface area contributed by atoms with Gasteiger partial charge < -0.3 is 15.3 Å². The summed E-state index contributed by atoms with van der Waals surface area (Å²) in [6.07, 6.45) is 1.34. The molecule has 0 saturated carbocycles. The van der Waals surface area contributed by atoms with Gasteiger partial charge in [-0.3, -0.25) is 4.79 Å². The van der Waals surface area contributed by atoms with Crippen LogP contribution in [0.1, 0.15) is 0 Å². The van der Waals surface area contributed by atoms with Crippen molar-refractivity contribution in [2.24, 2.45) is 0 Å². The average Bonchev–Trinajstić information content (AvgIpc) is 2.74. The Labute approximate surface area is 95.7 Å². The largest absolute Gasteiger partial charge is 0.326 e. The summed E-state index contributed by atoms with van der Waals surface area (Å²) >= 11 is 0. The van der Waals surface area contributed by atoms with Crippen molar-refractivity contribution >= 4 is 22.8 Å². The van der Waals surface area contributed by atoms with Gasteiger partial charge in [0.1, 0.15) is 0 Å². The van der Waals surface area contributed by atoms with Crippen molar-refractivity contribution in [2.45, 2.75) is 0 Å². The standard InChI is InChI=1S/C11H9N5O/c17-10-8-9(12-6-13-10)16-11(15-8)14-7-4-2-1-3-5-7/h1-6H,(H3,12,13,14,15,16,17). The van der Waals surface area contributed by atoms with Crippen LogP contribution in [0.25, 0.3) is 11.2 Å². The van der Waals surface area contributed by atoms with Crippen molar-refractivity contribution in [3.05, 3.63) is 47.0 Å². The number of hydrogen-bond donors (Lipinski definition) is 3. The van der Waals surface area contributed by atoms with Crippen LogP contribution in [0.3, 0.4) is 0 Å². The highest BCUT2D eigenvalue weighted by Gasteiger charge is 2.06. The summed E-state index contributed by atoms with van der Waals surface area (Å²) in [5.41, 5.74) is 1.40. The fraction of sp³-hybridized carbons (Fsp3) is 0. The number of anilines is 2. The molecule has 0 aliphatic carbocycles. The lowest BCUT2D eigenvalue weighted by Gasteiger charge is -2.00. The monoisotopic (exact) mass is 227 g/mol. The van der Waals surface area contributed by atoms with E-state index in [9.17, 15) is 4.79 Å². The zero-order chi connectivity index (χ0) is 11.7. The molecule has 84 valence electrons. The predicted molar refractivity (Wildman–Crippen MR) is 64.2 cm³/mol. The molecule has 3 N–H and O–H groups in total. The van der Waals surface area contributed by atoms with E-state index in [4.69, 9.17) is 0 Å². The van der Waals surface area contributed by atoms with Crippen LogP contribution in [-0.4, -0.2) is 19.9 Å². The van der Waals surface area contributed by atoms with Gasteiger partial charge in [0.25, 0.3) is 5.56 Å². The van der Waals surface area contributed by atoms with Crippen LogP contribution in [0, 0.1) is 0 Å². The molecule has 0 saturated heterocycles. The summed E-state index contributed by atoms with van der Waals surface area (Å²) in [6, 6.07) is 9.57. The molecule has 0 aliphatic rings. The third-order valence-electron chi connectivity index (χ3n) is 2.33. The maximum Gasteiger partial charge on any atom is 0.278 e. The van der Waals surface area contributed by atoms with Crippen molar-refractivity contribution in [3.63, 3.8) is 0 Å². The molecule has 1 aromatic carbocycles. The molecule has 0 fully saturated rings. The van der Waals surface area contributed by atoms with E-state index in [1.807, 2.05) is 30.3 Å². The van der Waals surface area contributed by atoms with Gasteiger partial charge in [0, 0.05) is 5.69 Å². The molecule has 0 radical (unpaired) electrons. The van der Waals surface area contributed by atoms with Gasteiger partial charge in [-0.2, -0.15) is 0 Å². The molecule has 0 atom stereocenters. The normalized spacial score (nSPS) is 10.6. The van der Waals surface area contributed by atoms with Crippen molar-refractivity contribution < 1.29 is 0 Å². The van der Waals surface area contributed by atoms with Gasteiger partial charge in [0.05, 0.1) is 6.33 Å². The molecule has 2 aromatic heterocycles. The summed E-state index contributed by atoms with van der Waals surface area (Å²) in [5.74, 6) is 0.496. The molecule has 6 nitrogen and oxygen atoms in total. The third kappa shape index (κ3) is 1.76. The summed E-state index contributed by atoms with van der Waals surface area (Å²) < 4.78 is 0. The second kappa shape index (κ2) is 3.75. The van der Waals surface area contributed by atoms with Crippen molar-refractivity contribution in [2.75, 3.05) is 5.32 Å². The zero-order valence-electron chi connectivity index (χ0n) is 8.77. The van der Waals surface area contributed by atoms with Gasteiger partial charge in [0.2, 0.25) is 5.95 Å². The Hall–Kier alpha value is -2.63. The Morgan fingerprint density at radius 3 is 2.76 bits per heavy atom. The fourth-order valence-electron chi connectivity index (χ4n) is 1.56. The molecule has 0 amide bonds. The number of imidazole rings is 1. The number of rotatable bonds is 2. The summed E-state index contributed by atoms with van der Waals surface area (Å²) in [4.78, 5) is 25.0. The smallest absolute Gasteiger partial charge is 0.278 e. The number of fused-ring (bicyclic) bond motifs is 1. The van der Waals surface area contributed by atoms with Crippen LogP contribution in [0.15, 0.2) is 41.5 Å². The van der Waals surface area contributed by atoms with Crippen LogP contribution in [0.2, 0.25) is 0 Å². The number of benzene rings is 1. The van der Waals surface area contributed by atoms with Crippen molar-refractivity contribution in [1.82, 2.24) is 19.9 Å². The molecule has 17 heavy (non-hydrogen) atoms. The topological polar surface area (TPSA) is 86.5 Å². The second-order valence-electron chi connectivity index (χ2n) is 3.51. The molecule has 0 bridgehead atoms. The van der Waals surface area contributed by atoms with E-state index >= 15 is 0 Å². The van der Waals surface area contributed by atoms with Gasteiger partial charge in [0.15, 0.2) is 11.2 Å². The van der Waals surface area contributed by atoms with Gasteiger partial charge in [-0.05, 0) is 12.1 Å². The van der Waals surface area contributed by atoms with Gasteiger partial charge in [-0.1, -0.05) is 18.2 Å². The molecule has 0 aliphatic heterocycles. The minimum Gasteiger partial charge on any atom is -0.326 e. The Morgan fingerprint density at radius 1 is 1.18 bits per heavy atom. The molecule has 0 spiro atoms. The van der Waals surface area contributed by atoms with Crippen LogP contribution in [0.4, 0.5) is 11.6 Å². The lowest BCUT2D eigenvalue weighted by atomic mass is 10.3. The van der Waals surface area contributed by atoms with Crippen LogP contribution in [-0.2, 0) is 0 Å². The molecular weight excluding hydrogens is 218 g/mol. The minimum absolute atomic E-state index is 0.257. The lowest BCUT2D eigenvalue weighted by Crippen LogP contribution is -2.05. The van der Waals surface area contributed by atoms with Crippen LogP contribution >= 0.6 is 0 Å². The Bertz CT molecular complexity index is 700. The number of hydrogen-bond acceptors (Lipinski definition) is 4. The number of aromatic amines is 2. The first-order chi connectivity index (χ1) is 8.33. The van der Waals surface area contributed by atoms with Crippen molar-refractivity contribution in [1.29, 1.82) is 0 Å². The molecular formula is C11H9N5O. The van der Waals surface area contributed by atoms with E-state index in [2.05, 4.69) is 25.3 Å². The highest BCUT2D eigenvalue weighted by Crippen LogP contribution is 2.14.